The average Bonchev–Trinajstić information content (AvgIpc) is 2.68. The van der Waals surface area contributed by atoms with E-state index in [4.69, 9.17) is 0 Å². The van der Waals surface area contributed by atoms with Crippen molar-refractivity contribution in [2.75, 3.05) is 0 Å². The number of hydrogen-bond acceptors (Lipinski definition) is 3. The smallest absolute Gasteiger partial charge is 0.146 e. The quantitative estimate of drug-likeness (QED) is 0.833. The summed E-state index contributed by atoms with van der Waals surface area (Å²) in [5.41, 5.74) is 0. The van der Waals surface area contributed by atoms with E-state index in [9.17, 15) is 4.79 Å². The Kier molecular flexibility index (Phi) is 4.00. The van der Waals surface area contributed by atoms with Crippen LogP contribution in [0.4, 0.5) is 0 Å². The minimum Gasteiger partial charge on any atom is -0.311 e. The standard InChI is InChI=1S/C15H25NOS/c1-10-15(17)9-13(18-10)8-12-7-6-11-4-2-3-5-14(11)16-12/h10-14,16H,2-9H2,1H3. The van der Waals surface area contributed by atoms with Crippen LogP contribution in [0.15, 0.2) is 0 Å². The highest BCUT2D eigenvalue weighted by Gasteiger charge is 2.35. The fraction of sp³-hybridized carbons (Fsp3) is 0.933. The molecule has 3 heteroatoms. The number of hydrogen-bond donors (Lipinski definition) is 1. The number of nitrogens with one attached hydrogen (secondary N) is 1. The van der Waals surface area contributed by atoms with Gasteiger partial charge in [0.15, 0.2) is 0 Å². The number of ketones is 1. The minimum absolute atomic E-state index is 0.251. The maximum Gasteiger partial charge on any atom is 0.146 e. The summed E-state index contributed by atoms with van der Waals surface area (Å²) in [4.78, 5) is 11.6. The molecule has 0 aromatic heterocycles. The molecule has 2 heterocycles. The van der Waals surface area contributed by atoms with E-state index in [-0.39, 0.29) is 5.25 Å². The van der Waals surface area contributed by atoms with E-state index in [1.807, 2.05) is 11.8 Å². The van der Waals surface area contributed by atoms with E-state index in [1.165, 1.54) is 44.9 Å². The largest absolute Gasteiger partial charge is 0.311 e. The molecule has 0 aromatic rings. The van der Waals surface area contributed by atoms with Crippen molar-refractivity contribution in [3.63, 3.8) is 0 Å². The summed E-state index contributed by atoms with van der Waals surface area (Å²) >= 11 is 1.91. The minimum atomic E-state index is 0.251. The molecule has 1 saturated carbocycles. The fourth-order valence-electron chi connectivity index (χ4n) is 4.02. The number of Topliss-reactive ketones (excluding diaryl/α,β-unsaturated/α-hetero) is 1. The summed E-state index contributed by atoms with van der Waals surface area (Å²) in [5, 5.41) is 4.73. The SMILES string of the molecule is CC1SC(CC2CCC3CCCCC3N2)CC1=O. The van der Waals surface area contributed by atoms with Gasteiger partial charge in [0.05, 0.1) is 5.25 Å². The van der Waals surface area contributed by atoms with Gasteiger partial charge in [-0.15, -0.1) is 11.8 Å². The van der Waals surface area contributed by atoms with Crippen LogP contribution in [0.5, 0.6) is 0 Å². The Labute approximate surface area is 115 Å². The van der Waals surface area contributed by atoms with Gasteiger partial charge in [0.2, 0.25) is 0 Å². The molecule has 102 valence electrons. The molecule has 1 aliphatic carbocycles. The lowest BCUT2D eigenvalue weighted by molar-refractivity contribution is -0.117. The van der Waals surface area contributed by atoms with Gasteiger partial charge in [-0.1, -0.05) is 12.8 Å². The van der Waals surface area contributed by atoms with Gasteiger partial charge >= 0.3 is 0 Å². The second-order valence-electron chi connectivity index (χ2n) is 6.40. The molecule has 3 fully saturated rings. The normalized spacial score (nSPS) is 44.9. The van der Waals surface area contributed by atoms with E-state index in [1.54, 1.807) is 0 Å². The monoisotopic (exact) mass is 267 g/mol. The lowest BCUT2D eigenvalue weighted by atomic mass is 9.77. The topological polar surface area (TPSA) is 29.1 Å². The maximum atomic E-state index is 11.6. The summed E-state index contributed by atoms with van der Waals surface area (Å²) in [6.07, 6.45) is 10.5. The predicted molar refractivity (Wildman–Crippen MR) is 77.0 cm³/mol. The molecule has 2 aliphatic heterocycles. The maximum absolute atomic E-state index is 11.6. The zero-order valence-corrected chi connectivity index (χ0v) is 12.2. The molecule has 0 aromatic carbocycles. The first-order chi connectivity index (χ1) is 8.72. The number of rotatable bonds is 2. The van der Waals surface area contributed by atoms with Crippen LogP contribution in [0, 0.1) is 5.92 Å². The molecule has 2 saturated heterocycles. The third kappa shape index (κ3) is 2.77. The summed E-state index contributed by atoms with van der Waals surface area (Å²) in [6.45, 7) is 2.07. The second-order valence-corrected chi connectivity index (χ2v) is 8.04. The molecule has 3 rings (SSSR count). The van der Waals surface area contributed by atoms with E-state index >= 15 is 0 Å². The van der Waals surface area contributed by atoms with Crippen molar-refractivity contribution >= 4 is 17.5 Å². The molecule has 2 nitrogen and oxygen atoms in total. The lowest BCUT2D eigenvalue weighted by Crippen LogP contribution is -2.49. The molecule has 18 heavy (non-hydrogen) atoms. The van der Waals surface area contributed by atoms with Gasteiger partial charge in [-0.25, -0.2) is 0 Å². The van der Waals surface area contributed by atoms with Crippen LogP contribution < -0.4 is 5.32 Å². The molecule has 0 radical (unpaired) electrons. The van der Waals surface area contributed by atoms with E-state index in [0.717, 1.165) is 18.4 Å². The van der Waals surface area contributed by atoms with Crippen molar-refractivity contribution in [2.24, 2.45) is 5.92 Å². The Morgan fingerprint density at radius 3 is 2.83 bits per heavy atom. The second kappa shape index (κ2) is 5.54. The van der Waals surface area contributed by atoms with Gasteiger partial charge in [-0.2, -0.15) is 0 Å². The van der Waals surface area contributed by atoms with Gasteiger partial charge in [-0.3, -0.25) is 4.79 Å². The Balaban J connectivity index is 1.50. The van der Waals surface area contributed by atoms with Crippen LogP contribution in [0.3, 0.4) is 0 Å². The van der Waals surface area contributed by atoms with Crippen molar-refractivity contribution < 1.29 is 4.79 Å². The Morgan fingerprint density at radius 2 is 2.06 bits per heavy atom. The third-order valence-electron chi connectivity index (χ3n) is 5.07. The summed E-state index contributed by atoms with van der Waals surface area (Å²) in [6, 6.07) is 1.47. The van der Waals surface area contributed by atoms with Crippen molar-refractivity contribution in [2.45, 2.75) is 80.9 Å². The summed E-state index contributed by atoms with van der Waals surface area (Å²) in [5.74, 6) is 1.42. The van der Waals surface area contributed by atoms with Crippen LogP contribution in [-0.2, 0) is 4.79 Å². The molecule has 5 unspecified atom stereocenters. The van der Waals surface area contributed by atoms with Gasteiger partial charge in [0.1, 0.15) is 5.78 Å². The molecular formula is C15H25NOS. The lowest BCUT2D eigenvalue weighted by Gasteiger charge is -2.41. The Bertz CT molecular complexity index is 320. The number of piperidine rings is 1. The first kappa shape index (κ1) is 13.0. The number of fused-ring (bicyclic) bond motifs is 1. The highest BCUT2D eigenvalue weighted by Crippen LogP contribution is 2.37. The molecule has 5 atom stereocenters. The molecule has 1 N–H and O–H groups in total. The molecule has 0 spiro atoms. The average molecular weight is 267 g/mol. The molecule has 0 bridgehead atoms. The van der Waals surface area contributed by atoms with Crippen molar-refractivity contribution in [3.05, 3.63) is 0 Å². The Hall–Kier alpha value is -0.0200. The first-order valence-electron chi connectivity index (χ1n) is 7.66. The first-order valence-corrected chi connectivity index (χ1v) is 8.61. The van der Waals surface area contributed by atoms with Crippen LogP contribution in [-0.4, -0.2) is 28.4 Å². The van der Waals surface area contributed by atoms with Crippen LogP contribution >= 0.6 is 11.8 Å². The highest BCUT2D eigenvalue weighted by molar-refractivity contribution is 8.01. The predicted octanol–water partition coefficient (Wildman–Crippen LogP) is 3.15. The van der Waals surface area contributed by atoms with Crippen LogP contribution in [0.1, 0.15) is 58.3 Å². The highest BCUT2D eigenvalue weighted by atomic mass is 32.2. The number of carbonyl (C=O) groups is 1. The van der Waals surface area contributed by atoms with Gasteiger partial charge in [0, 0.05) is 23.8 Å². The van der Waals surface area contributed by atoms with Crippen LogP contribution in [0.2, 0.25) is 0 Å². The van der Waals surface area contributed by atoms with Crippen molar-refractivity contribution in [3.8, 4) is 0 Å². The molecule has 0 amide bonds. The summed E-state index contributed by atoms with van der Waals surface area (Å²) in [7, 11) is 0. The van der Waals surface area contributed by atoms with Crippen LogP contribution in [0.25, 0.3) is 0 Å². The molecular weight excluding hydrogens is 242 g/mol. The van der Waals surface area contributed by atoms with E-state index < -0.39 is 0 Å². The van der Waals surface area contributed by atoms with Gasteiger partial charge in [0.25, 0.3) is 0 Å². The fourth-order valence-corrected chi connectivity index (χ4v) is 5.45. The zero-order valence-electron chi connectivity index (χ0n) is 11.4. The zero-order chi connectivity index (χ0) is 12.5. The van der Waals surface area contributed by atoms with Crippen molar-refractivity contribution in [1.29, 1.82) is 0 Å². The molecule has 3 aliphatic rings. The Morgan fingerprint density at radius 1 is 1.22 bits per heavy atom. The van der Waals surface area contributed by atoms with E-state index in [0.29, 0.717) is 17.1 Å². The van der Waals surface area contributed by atoms with E-state index in [2.05, 4.69) is 12.2 Å². The number of carbonyl (C=O) groups excluding carboxylic acids is 1. The van der Waals surface area contributed by atoms with Gasteiger partial charge < -0.3 is 5.32 Å². The summed E-state index contributed by atoms with van der Waals surface area (Å²) < 4.78 is 0. The third-order valence-corrected chi connectivity index (χ3v) is 6.49. The number of thioether (sulfide) groups is 1. The van der Waals surface area contributed by atoms with Crippen molar-refractivity contribution in [1.82, 2.24) is 5.32 Å². The van der Waals surface area contributed by atoms with Gasteiger partial charge in [-0.05, 0) is 44.9 Å².